The van der Waals surface area contributed by atoms with Gasteiger partial charge in [0.25, 0.3) is 5.91 Å². The van der Waals surface area contributed by atoms with Crippen LogP contribution in [-0.2, 0) is 14.3 Å². The summed E-state index contributed by atoms with van der Waals surface area (Å²) in [4.78, 5) is 22.4. The average molecular weight is 365 g/mol. The Hall–Kier alpha value is -1.21. The van der Waals surface area contributed by atoms with Crippen molar-refractivity contribution in [3.63, 3.8) is 0 Å². The van der Waals surface area contributed by atoms with Crippen LogP contribution in [0.5, 0.6) is 0 Å². The monoisotopic (exact) mass is 364 g/mol. The topological polar surface area (TPSA) is 67.4 Å². The maximum Gasteiger partial charge on any atom is 0.287 e. The number of halogens is 3. The van der Waals surface area contributed by atoms with Gasteiger partial charge in [-0.25, -0.2) is 4.39 Å². The van der Waals surface area contributed by atoms with Gasteiger partial charge in [0.05, 0.1) is 17.7 Å². The maximum atomic E-state index is 13.7. The fraction of sp³-hybridized carbons (Fsp3) is 0.467. The minimum atomic E-state index is -0.634. The minimum absolute atomic E-state index is 0. The highest BCUT2D eigenvalue weighted by Crippen LogP contribution is 2.29. The third kappa shape index (κ3) is 5.42. The van der Waals surface area contributed by atoms with Crippen LogP contribution in [0.15, 0.2) is 18.2 Å². The molecule has 1 aliphatic heterocycles. The molecule has 23 heavy (non-hydrogen) atoms. The lowest BCUT2D eigenvalue weighted by Crippen LogP contribution is -2.38. The molecule has 0 spiro atoms. The zero-order valence-corrected chi connectivity index (χ0v) is 14.2. The van der Waals surface area contributed by atoms with Gasteiger partial charge in [-0.15, -0.1) is 12.4 Å². The van der Waals surface area contributed by atoms with Gasteiger partial charge in [0, 0.05) is 32.5 Å². The van der Waals surface area contributed by atoms with Gasteiger partial charge in [-0.2, -0.15) is 0 Å². The number of nitrogens with one attached hydrogen (secondary N) is 2. The van der Waals surface area contributed by atoms with Crippen molar-refractivity contribution in [2.24, 2.45) is 5.92 Å². The second-order valence-corrected chi connectivity index (χ2v) is 5.60. The van der Waals surface area contributed by atoms with Gasteiger partial charge >= 0.3 is 0 Å². The first-order valence-corrected chi connectivity index (χ1v) is 7.43. The third-order valence-corrected chi connectivity index (χ3v) is 3.83. The van der Waals surface area contributed by atoms with Crippen molar-refractivity contribution >= 4 is 35.7 Å². The standard InChI is InChI=1S/C15H18ClFN2O3.ClH/c1-9(20)15(21)19-8-11-7-18-4-5-22-14(11)10-2-3-12(16)13(17)6-10;/h2-3,6,11,14,18H,4-5,7-8H2,1H3,(H,19,21);1H/t11-,14-;/m0./s1. The Bertz CT molecular complexity index is 572. The lowest BCUT2D eigenvalue weighted by atomic mass is 9.95. The van der Waals surface area contributed by atoms with Crippen molar-refractivity contribution in [2.45, 2.75) is 13.0 Å². The summed E-state index contributed by atoms with van der Waals surface area (Å²) < 4.78 is 19.4. The fourth-order valence-corrected chi connectivity index (χ4v) is 2.49. The summed E-state index contributed by atoms with van der Waals surface area (Å²) in [5.41, 5.74) is 0.660. The lowest BCUT2D eigenvalue weighted by molar-refractivity contribution is -0.136. The predicted molar refractivity (Wildman–Crippen MR) is 87.4 cm³/mol. The molecule has 2 atom stereocenters. The highest BCUT2D eigenvalue weighted by molar-refractivity contribution is 6.35. The number of hydrogen-bond donors (Lipinski definition) is 2. The minimum Gasteiger partial charge on any atom is -0.372 e. The summed E-state index contributed by atoms with van der Waals surface area (Å²) >= 11 is 5.70. The predicted octanol–water partition coefficient (Wildman–Crippen LogP) is 1.88. The van der Waals surface area contributed by atoms with E-state index in [4.69, 9.17) is 16.3 Å². The molecule has 1 heterocycles. The van der Waals surface area contributed by atoms with Crippen molar-refractivity contribution in [2.75, 3.05) is 26.2 Å². The molecule has 0 saturated carbocycles. The third-order valence-electron chi connectivity index (χ3n) is 3.53. The van der Waals surface area contributed by atoms with Gasteiger partial charge in [0.15, 0.2) is 0 Å². The van der Waals surface area contributed by atoms with Crippen molar-refractivity contribution in [1.29, 1.82) is 0 Å². The van der Waals surface area contributed by atoms with E-state index in [9.17, 15) is 14.0 Å². The van der Waals surface area contributed by atoms with Crippen LogP contribution in [0, 0.1) is 11.7 Å². The van der Waals surface area contributed by atoms with Crippen molar-refractivity contribution in [1.82, 2.24) is 10.6 Å². The van der Waals surface area contributed by atoms with Gasteiger partial charge in [-0.05, 0) is 17.7 Å². The molecule has 128 valence electrons. The van der Waals surface area contributed by atoms with E-state index in [-0.39, 0.29) is 36.0 Å². The van der Waals surface area contributed by atoms with E-state index in [1.807, 2.05) is 0 Å². The Morgan fingerprint density at radius 1 is 1.48 bits per heavy atom. The second kappa shape index (κ2) is 9.17. The van der Waals surface area contributed by atoms with E-state index in [1.165, 1.54) is 19.1 Å². The number of ether oxygens (including phenoxy) is 1. The Balaban J connectivity index is 0.00000264. The number of rotatable bonds is 4. The maximum absolute atomic E-state index is 13.7. The number of amides is 1. The largest absolute Gasteiger partial charge is 0.372 e. The molecule has 1 aliphatic rings. The molecule has 1 fully saturated rings. The van der Waals surface area contributed by atoms with E-state index < -0.39 is 17.5 Å². The van der Waals surface area contributed by atoms with Crippen LogP contribution in [0.4, 0.5) is 4.39 Å². The molecule has 5 nitrogen and oxygen atoms in total. The zero-order chi connectivity index (χ0) is 16.1. The Kier molecular flexibility index (Phi) is 7.91. The lowest BCUT2D eigenvalue weighted by Gasteiger charge is -2.25. The molecule has 2 N–H and O–H groups in total. The average Bonchev–Trinajstić information content (AvgIpc) is 2.73. The molecule has 1 aromatic rings. The molecule has 1 aromatic carbocycles. The van der Waals surface area contributed by atoms with Crippen LogP contribution in [0.25, 0.3) is 0 Å². The van der Waals surface area contributed by atoms with Crippen molar-refractivity contribution in [3.05, 3.63) is 34.6 Å². The van der Waals surface area contributed by atoms with Gasteiger partial charge in [0.1, 0.15) is 5.82 Å². The number of carbonyl (C=O) groups is 2. The van der Waals surface area contributed by atoms with Crippen molar-refractivity contribution < 1.29 is 18.7 Å². The number of benzene rings is 1. The number of ketones is 1. The van der Waals surface area contributed by atoms with Gasteiger partial charge < -0.3 is 15.4 Å². The molecule has 0 bridgehead atoms. The molecule has 0 aliphatic carbocycles. The molecular formula is C15H19Cl2FN2O3. The Morgan fingerprint density at radius 3 is 2.87 bits per heavy atom. The number of carbonyl (C=O) groups excluding carboxylic acids is 2. The van der Waals surface area contributed by atoms with E-state index in [0.29, 0.717) is 25.3 Å². The van der Waals surface area contributed by atoms with Crippen molar-refractivity contribution in [3.8, 4) is 0 Å². The Labute approximate surface area is 145 Å². The summed E-state index contributed by atoms with van der Waals surface area (Å²) in [5, 5.41) is 5.82. The molecule has 0 radical (unpaired) electrons. The molecule has 2 rings (SSSR count). The molecule has 1 amide bonds. The van der Waals surface area contributed by atoms with E-state index in [1.54, 1.807) is 6.07 Å². The summed E-state index contributed by atoms with van der Waals surface area (Å²) in [6.45, 7) is 3.21. The van der Waals surface area contributed by atoms with Crippen LogP contribution in [0.3, 0.4) is 0 Å². The smallest absolute Gasteiger partial charge is 0.287 e. The summed E-state index contributed by atoms with van der Waals surface area (Å²) in [6, 6.07) is 4.54. The first kappa shape index (κ1) is 19.8. The molecule has 1 saturated heterocycles. The quantitative estimate of drug-likeness (QED) is 0.800. The molecule has 0 unspecified atom stereocenters. The molecule has 0 aromatic heterocycles. The molecular weight excluding hydrogens is 346 g/mol. The Morgan fingerprint density at radius 2 is 2.22 bits per heavy atom. The zero-order valence-electron chi connectivity index (χ0n) is 12.6. The van der Waals surface area contributed by atoms with Crippen LogP contribution < -0.4 is 10.6 Å². The van der Waals surface area contributed by atoms with Gasteiger partial charge in [0.2, 0.25) is 5.78 Å². The van der Waals surface area contributed by atoms with Gasteiger partial charge in [-0.1, -0.05) is 17.7 Å². The first-order valence-electron chi connectivity index (χ1n) is 7.05. The van der Waals surface area contributed by atoms with Crippen LogP contribution >= 0.6 is 24.0 Å². The van der Waals surface area contributed by atoms with Crippen LogP contribution in [0.2, 0.25) is 5.02 Å². The number of Topliss-reactive ketones (excluding diaryl/α,β-unsaturated/α-hetero) is 1. The first-order chi connectivity index (χ1) is 10.5. The van der Waals surface area contributed by atoms with E-state index >= 15 is 0 Å². The summed E-state index contributed by atoms with van der Waals surface area (Å²) in [7, 11) is 0. The fourth-order valence-electron chi connectivity index (χ4n) is 2.37. The highest BCUT2D eigenvalue weighted by Gasteiger charge is 2.27. The molecule has 8 heteroatoms. The SMILES string of the molecule is CC(=O)C(=O)NC[C@@H]1CNCCO[C@H]1c1ccc(Cl)c(F)c1.Cl. The summed E-state index contributed by atoms with van der Waals surface area (Å²) in [5.74, 6) is -1.81. The normalized spacial score (nSPS) is 21.0. The van der Waals surface area contributed by atoms with Crippen LogP contribution in [-0.4, -0.2) is 37.9 Å². The second-order valence-electron chi connectivity index (χ2n) is 5.20. The van der Waals surface area contributed by atoms with Crippen LogP contribution in [0.1, 0.15) is 18.6 Å². The van der Waals surface area contributed by atoms with E-state index in [0.717, 1.165) is 0 Å². The highest BCUT2D eigenvalue weighted by atomic mass is 35.5. The van der Waals surface area contributed by atoms with Gasteiger partial charge in [-0.3, -0.25) is 9.59 Å². The summed E-state index contributed by atoms with van der Waals surface area (Å²) in [6.07, 6.45) is -0.381. The number of hydrogen-bond acceptors (Lipinski definition) is 4. The van der Waals surface area contributed by atoms with E-state index in [2.05, 4.69) is 10.6 Å².